The van der Waals surface area contributed by atoms with Gasteiger partial charge in [-0.2, -0.15) is 0 Å². The number of rotatable bonds is 7. The fourth-order valence-electron chi connectivity index (χ4n) is 2.31. The molecule has 0 heterocycles. The molecule has 0 bridgehead atoms. The number of carbonyl (C=O) groups is 2. The van der Waals surface area contributed by atoms with Gasteiger partial charge >= 0.3 is 11.8 Å². The first-order valence-corrected chi connectivity index (χ1v) is 8.04. The topological polar surface area (TPSA) is 76.7 Å². The fourth-order valence-corrected chi connectivity index (χ4v) is 2.31. The first kappa shape index (κ1) is 17.1. The molecule has 2 atom stereocenters. The van der Waals surface area contributed by atoms with Crippen molar-refractivity contribution in [3.05, 3.63) is 18.2 Å². The van der Waals surface area contributed by atoms with Crippen LogP contribution in [-0.2, 0) is 9.59 Å². The first-order valence-electron chi connectivity index (χ1n) is 8.04. The lowest BCUT2D eigenvalue weighted by Gasteiger charge is -2.13. The quantitative estimate of drug-likeness (QED) is 0.755. The zero-order valence-corrected chi connectivity index (χ0v) is 13.8. The summed E-state index contributed by atoms with van der Waals surface area (Å²) < 4.78 is 10.9. The second kappa shape index (κ2) is 7.85. The van der Waals surface area contributed by atoms with Crippen LogP contribution in [0.4, 0.5) is 5.69 Å². The summed E-state index contributed by atoms with van der Waals surface area (Å²) in [6.45, 7) is 7.38. The van der Waals surface area contributed by atoms with Crippen molar-refractivity contribution in [2.45, 2.75) is 27.2 Å². The lowest BCUT2D eigenvalue weighted by atomic mass is 10.2. The van der Waals surface area contributed by atoms with E-state index in [1.807, 2.05) is 13.8 Å². The number of hydrogen-bond donors (Lipinski definition) is 2. The van der Waals surface area contributed by atoms with Crippen LogP contribution in [0, 0.1) is 11.8 Å². The number of ether oxygens (including phenoxy) is 2. The molecule has 1 aliphatic rings. The summed E-state index contributed by atoms with van der Waals surface area (Å²) in [5, 5.41) is 5.26. The van der Waals surface area contributed by atoms with Gasteiger partial charge in [0.1, 0.15) is 11.5 Å². The second-order valence-corrected chi connectivity index (χ2v) is 5.66. The van der Waals surface area contributed by atoms with Crippen molar-refractivity contribution < 1.29 is 19.1 Å². The summed E-state index contributed by atoms with van der Waals surface area (Å²) >= 11 is 0. The summed E-state index contributed by atoms with van der Waals surface area (Å²) in [5.41, 5.74) is 0.428. The van der Waals surface area contributed by atoms with E-state index in [1.165, 1.54) is 0 Å². The number of hydrogen-bond acceptors (Lipinski definition) is 4. The summed E-state index contributed by atoms with van der Waals surface area (Å²) in [4.78, 5) is 23.9. The van der Waals surface area contributed by atoms with Gasteiger partial charge in [-0.25, -0.2) is 0 Å². The minimum absolute atomic E-state index is 0.428. The average Bonchev–Trinajstić information content (AvgIpc) is 3.23. The molecule has 1 aliphatic carbocycles. The maximum Gasteiger partial charge on any atom is 0.313 e. The molecular weight excluding hydrogens is 296 g/mol. The molecule has 0 aliphatic heterocycles. The van der Waals surface area contributed by atoms with Gasteiger partial charge in [0, 0.05) is 12.6 Å². The van der Waals surface area contributed by atoms with E-state index in [9.17, 15) is 9.59 Å². The number of carbonyl (C=O) groups excluding carboxylic acids is 2. The molecule has 1 aromatic carbocycles. The smallest absolute Gasteiger partial charge is 0.313 e. The van der Waals surface area contributed by atoms with E-state index in [0.717, 1.165) is 6.42 Å². The monoisotopic (exact) mass is 320 g/mol. The van der Waals surface area contributed by atoms with Gasteiger partial charge in [-0.3, -0.25) is 9.59 Å². The van der Waals surface area contributed by atoms with Gasteiger partial charge in [-0.1, -0.05) is 6.92 Å². The molecular formula is C17H24N2O4. The largest absolute Gasteiger partial charge is 0.494 e. The Hall–Kier alpha value is -2.24. The highest BCUT2D eigenvalue weighted by atomic mass is 16.5. The van der Waals surface area contributed by atoms with Crippen LogP contribution in [0.25, 0.3) is 0 Å². The Morgan fingerprint density at radius 1 is 1.17 bits per heavy atom. The molecule has 6 heteroatoms. The Morgan fingerprint density at radius 3 is 2.48 bits per heavy atom. The molecule has 1 fully saturated rings. The van der Waals surface area contributed by atoms with E-state index in [1.54, 1.807) is 18.2 Å². The third-order valence-corrected chi connectivity index (χ3v) is 3.82. The van der Waals surface area contributed by atoms with Crippen LogP contribution in [0.5, 0.6) is 11.5 Å². The normalized spacial score (nSPS) is 18.9. The van der Waals surface area contributed by atoms with Gasteiger partial charge in [-0.15, -0.1) is 0 Å². The van der Waals surface area contributed by atoms with Gasteiger partial charge in [0.2, 0.25) is 0 Å². The molecule has 0 spiro atoms. The highest BCUT2D eigenvalue weighted by Gasteiger charge is 2.33. The maximum absolute atomic E-state index is 12.0. The Bertz CT molecular complexity index is 574. The predicted molar refractivity (Wildman–Crippen MR) is 87.7 cm³/mol. The summed E-state index contributed by atoms with van der Waals surface area (Å²) in [6.07, 6.45) is 1.10. The van der Waals surface area contributed by atoms with Crippen molar-refractivity contribution in [1.82, 2.24) is 5.32 Å². The van der Waals surface area contributed by atoms with Crippen LogP contribution in [-0.4, -0.2) is 31.6 Å². The van der Waals surface area contributed by atoms with Crippen molar-refractivity contribution >= 4 is 17.5 Å². The van der Waals surface area contributed by atoms with E-state index in [-0.39, 0.29) is 0 Å². The van der Waals surface area contributed by atoms with E-state index in [4.69, 9.17) is 9.47 Å². The first-order chi connectivity index (χ1) is 11.0. The molecule has 2 N–H and O–H groups in total. The number of nitrogens with one attached hydrogen (secondary N) is 2. The molecule has 2 amide bonds. The van der Waals surface area contributed by atoms with Gasteiger partial charge in [0.25, 0.3) is 0 Å². The maximum atomic E-state index is 12.0. The third kappa shape index (κ3) is 4.87. The predicted octanol–water partition coefficient (Wildman–Crippen LogP) is 2.19. The Labute approximate surface area is 136 Å². The minimum atomic E-state index is -0.701. The van der Waals surface area contributed by atoms with Crippen LogP contribution in [0.15, 0.2) is 18.2 Å². The van der Waals surface area contributed by atoms with Crippen molar-refractivity contribution in [2.75, 3.05) is 25.1 Å². The van der Waals surface area contributed by atoms with Crippen molar-refractivity contribution in [1.29, 1.82) is 0 Å². The highest BCUT2D eigenvalue weighted by Crippen LogP contribution is 2.36. The van der Waals surface area contributed by atoms with Crippen molar-refractivity contribution in [2.24, 2.45) is 11.8 Å². The number of amides is 2. The van der Waals surface area contributed by atoms with E-state index in [2.05, 4.69) is 17.6 Å². The Morgan fingerprint density at radius 2 is 1.87 bits per heavy atom. The SMILES string of the molecule is CCOc1ccc(OCC)c(NC(=O)C(=O)NC[C@H]2C[C@@H]2C)c1. The van der Waals surface area contributed by atoms with Crippen molar-refractivity contribution in [3.63, 3.8) is 0 Å². The molecule has 0 radical (unpaired) electrons. The fraction of sp³-hybridized carbons (Fsp3) is 0.529. The summed E-state index contributed by atoms with van der Waals surface area (Å²) in [6, 6.07) is 5.13. The van der Waals surface area contributed by atoms with Crippen LogP contribution >= 0.6 is 0 Å². The van der Waals surface area contributed by atoms with Crippen LogP contribution in [0.3, 0.4) is 0 Å². The molecule has 6 nitrogen and oxygen atoms in total. The lowest BCUT2D eigenvalue weighted by molar-refractivity contribution is -0.136. The van der Waals surface area contributed by atoms with E-state index in [0.29, 0.717) is 48.8 Å². The van der Waals surface area contributed by atoms with Gasteiger partial charge < -0.3 is 20.1 Å². The van der Waals surface area contributed by atoms with Gasteiger partial charge in [0.15, 0.2) is 0 Å². The standard InChI is InChI=1S/C17H24N2O4/c1-4-22-13-6-7-15(23-5-2)14(9-13)19-17(21)16(20)18-10-12-8-11(12)3/h6-7,9,11-12H,4-5,8,10H2,1-3H3,(H,18,20)(H,19,21)/t11-,12+/m0/s1. The molecule has 2 rings (SSSR count). The summed E-state index contributed by atoms with van der Waals surface area (Å²) in [7, 11) is 0. The van der Waals surface area contributed by atoms with Gasteiger partial charge in [0.05, 0.1) is 18.9 Å². The number of anilines is 1. The molecule has 0 unspecified atom stereocenters. The van der Waals surface area contributed by atoms with E-state index >= 15 is 0 Å². The van der Waals surface area contributed by atoms with E-state index < -0.39 is 11.8 Å². The lowest BCUT2D eigenvalue weighted by Crippen LogP contribution is -2.36. The summed E-state index contributed by atoms with van der Waals surface area (Å²) in [5.74, 6) is 0.908. The Kier molecular flexibility index (Phi) is 5.84. The molecule has 23 heavy (non-hydrogen) atoms. The molecule has 0 saturated heterocycles. The molecule has 1 aromatic rings. The van der Waals surface area contributed by atoms with Crippen LogP contribution in [0.1, 0.15) is 27.2 Å². The van der Waals surface area contributed by atoms with Crippen LogP contribution < -0.4 is 20.1 Å². The molecule has 126 valence electrons. The molecule has 0 aromatic heterocycles. The van der Waals surface area contributed by atoms with Crippen LogP contribution in [0.2, 0.25) is 0 Å². The highest BCUT2D eigenvalue weighted by molar-refractivity contribution is 6.39. The second-order valence-electron chi connectivity index (χ2n) is 5.66. The zero-order chi connectivity index (χ0) is 16.8. The molecule has 1 saturated carbocycles. The average molecular weight is 320 g/mol. The number of benzene rings is 1. The zero-order valence-electron chi connectivity index (χ0n) is 13.8. The van der Waals surface area contributed by atoms with Crippen molar-refractivity contribution in [3.8, 4) is 11.5 Å². The Balaban J connectivity index is 1.99. The minimum Gasteiger partial charge on any atom is -0.494 e. The third-order valence-electron chi connectivity index (χ3n) is 3.82. The van der Waals surface area contributed by atoms with Gasteiger partial charge in [-0.05, 0) is 44.2 Å².